The topological polar surface area (TPSA) is 72.6 Å². The van der Waals surface area contributed by atoms with Gasteiger partial charge in [-0.25, -0.2) is 4.79 Å². The normalized spacial score (nSPS) is 14.0. The van der Waals surface area contributed by atoms with Crippen molar-refractivity contribution < 1.29 is 32.3 Å². The maximum atomic E-state index is 12.3. The maximum Gasteiger partial charge on any atom is 0.573 e. The van der Waals surface area contributed by atoms with Crippen molar-refractivity contribution >= 4 is 5.97 Å². The van der Waals surface area contributed by atoms with Crippen molar-refractivity contribution in [2.45, 2.75) is 25.6 Å². The zero-order valence-electron chi connectivity index (χ0n) is 11.1. The number of aryl methyl sites for hydroxylation is 1. The van der Waals surface area contributed by atoms with Crippen molar-refractivity contribution in [2.24, 2.45) is 0 Å². The van der Waals surface area contributed by atoms with Crippen LogP contribution in [0.2, 0.25) is 0 Å². The highest BCUT2D eigenvalue weighted by Gasteiger charge is 2.32. The molecule has 0 saturated heterocycles. The molecule has 0 saturated carbocycles. The molecule has 2 aromatic rings. The molecule has 5 nitrogen and oxygen atoms in total. The van der Waals surface area contributed by atoms with Crippen LogP contribution in [-0.2, 0) is 12.8 Å². The highest BCUT2D eigenvalue weighted by molar-refractivity contribution is 5.89. The van der Waals surface area contributed by atoms with Crippen LogP contribution in [0.25, 0.3) is 11.3 Å². The summed E-state index contributed by atoms with van der Waals surface area (Å²) in [7, 11) is 0. The standard InChI is InChI=1S/C14H10F3NO4/c15-14(16,17)21-8-4-5-9-7(6-8)2-1-3-10-11(13(19)20)18-22-12(9)10/h4-6H,1-3H2,(H,19,20). The molecule has 0 unspecified atom stereocenters. The number of rotatable bonds is 2. The molecule has 0 amide bonds. The largest absolute Gasteiger partial charge is 0.573 e. The molecular weight excluding hydrogens is 303 g/mol. The van der Waals surface area contributed by atoms with Gasteiger partial charge in [0.2, 0.25) is 0 Å². The van der Waals surface area contributed by atoms with Gasteiger partial charge in [0.1, 0.15) is 5.75 Å². The third-order valence-corrected chi connectivity index (χ3v) is 3.42. The molecule has 1 aliphatic rings. The number of nitrogens with zero attached hydrogens (tertiary/aromatic N) is 1. The van der Waals surface area contributed by atoms with E-state index < -0.39 is 12.3 Å². The zero-order chi connectivity index (χ0) is 15.9. The number of fused-ring (bicyclic) bond motifs is 3. The Labute approximate surface area is 122 Å². The highest BCUT2D eigenvalue weighted by atomic mass is 19.4. The Morgan fingerprint density at radius 1 is 1.32 bits per heavy atom. The van der Waals surface area contributed by atoms with E-state index in [1.807, 2.05) is 0 Å². The average molecular weight is 313 g/mol. The van der Waals surface area contributed by atoms with Gasteiger partial charge in [-0.05, 0) is 43.0 Å². The van der Waals surface area contributed by atoms with Gasteiger partial charge in [-0.2, -0.15) is 0 Å². The van der Waals surface area contributed by atoms with E-state index >= 15 is 0 Å². The molecule has 0 spiro atoms. The van der Waals surface area contributed by atoms with E-state index in [2.05, 4.69) is 9.89 Å². The van der Waals surface area contributed by atoms with Gasteiger partial charge >= 0.3 is 12.3 Å². The SMILES string of the molecule is O=C(O)c1noc2c1CCCc1cc(OC(F)(F)F)ccc1-2. The lowest BCUT2D eigenvalue weighted by molar-refractivity contribution is -0.274. The monoisotopic (exact) mass is 313 g/mol. The van der Waals surface area contributed by atoms with Crippen LogP contribution in [0.5, 0.6) is 5.75 Å². The molecule has 1 aromatic heterocycles. The molecule has 0 atom stereocenters. The van der Waals surface area contributed by atoms with Gasteiger partial charge in [-0.3, -0.25) is 0 Å². The zero-order valence-corrected chi connectivity index (χ0v) is 11.1. The first kappa shape index (κ1) is 14.4. The Hall–Kier alpha value is -2.51. The first-order valence-corrected chi connectivity index (χ1v) is 6.46. The summed E-state index contributed by atoms with van der Waals surface area (Å²) in [6.07, 6.45) is -3.25. The number of halogens is 3. The van der Waals surface area contributed by atoms with Crippen LogP contribution in [-0.4, -0.2) is 22.6 Å². The lowest BCUT2D eigenvalue weighted by Gasteiger charge is -2.11. The minimum atomic E-state index is -4.76. The number of carboxylic acid groups (broad SMARTS) is 1. The Kier molecular flexibility index (Phi) is 3.31. The van der Waals surface area contributed by atoms with Gasteiger partial charge < -0.3 is 14.4 Å². The van der Waals surface area contributed by atoms with Gasteiger partial charge in [0, 0.05) is 11.1 Å². The van der Waals surface area contributed by atoms with Crippen LogP contribution in [0, 0.1) is 0 Å². The fourth-order valence-corrected chi connectivity index (χ4v) is 2.57. The number of aromatic nitrogens is 1. The predicted octanol–water partition coefficient (Wildman–Crippen LogP) is 3.43. The van der Waals surface area contributed by atoms with Crippen molar-refractivity contribution in [3.63, 3.8) is 0 Å². The molecule has 0 fully saturated rings. The van der Waals surface area contributed by atoms with Crippen molar-refractivity contribution in [1.29, 1.82) is 0 Å². The summed E-state index contributed by atoms with van der Waals surface area (Å²) in [5, 5.41) is 12.6. The predicted molar refractivity (Wildman–Crippen MR) is 67.6 cm³/mol. The van der Waals surface area contributed by atoms with Crippen LogP contribution < -0.4 is 4.74 Å². The molecule has 1 heterocycles. The second kappa shape index (κ2) is 5.04. The van der Waals surface area contributed by atoms with Crippen molar-refractivity contribution in [3.8, 4) is 17.1 Å². The van der Waals surface area contributed by atoms with Crippen LogP contribution in [0.1, 0.15) is 28.0 Å². The quantitative estimate of drug-likeness (QED) is 0.919. The Morgan fingerprint density at radius 3 is 2.77 bits per heavy atom. The van der Waals surface area contributed by atoms with Gasteiger partial charge in [-0.1, -0.05) is 5.16 Å². The lowest BCUT2D eigenvalue weighted by Crippen LogP contribution is -2.17. The Bertz CT molecular complexity index is 736. The minimum absolute atomic E-state index is 0.154. The van der Waals surface area contributed by atoms with E-state index in [0.29, 0.717) is 41.7 Å². The van der Waals surface area contributed by atoms with Crippen molar-refractivity contribution in [2.75, 3.05) is 0 Å². The fourth-order valence-electron chi connectivity index (χ4n) is 2.57. The fraction of sp³-hybridized carbons (Fsp3) is 0.286. The van der Waals surface area contributed by atoms with Gasteiger partial charge in [-0.15, -0.1) is 13.2 Å². The van der Waals surface area contributed by atoms with Crippen molar-refractivity contribution in [1.82, 2.24) is 5.16 Å². The molecule has 22 heavy (non-hydrogen) atoms. The van der Waals surface area contributed by atoms with Crippen LogP contribution >= 0.6 is 0 Å². The number of aromatic carboxylic acids is 1. The smallest absolute Gasteiger partial charge is 0.476 e. The summed E-state index contributed by atoms with van der Waals surface area (Å²) >= 11 is 0. The Morgan fingerprint density at radius 2 is 2.09 bits per heavy atom. The van der Waals surface area contributed by atoms with Gasteiger partial charge in [0.25, 0.3) is 0 Å². The molecule has 116 valence electrons. The number of carbonyl (C=O) groups is 1. The van der Waals surface area contributed by atoms with Crippen LogP contribution in [0.3, 0.4) is 0 Å². The summed E-state index contributed by atoms with van der Waals surface area (Å²) < 4.78 is 45.8. The van der Waals surface area contributed by atoms with Crippen LogP contribution in [0.15, 0.2) is 22.7 Å². The number of hydrogen-bond donors (Lipinski definition) is 1. The van der Waals surface area contributed by atoms with E-state index in [1.54, 1.807) is 0 Å². The van der Waals surface area contributed by atoms with E-state index in [9.17, 15) is 18.0 Å². The molecule has 8 heteroatoms. The third kappa shape index (κ3) is 2.63. The molecule has 0 aliphatic heterocycles. The Balaban J connectivity index is 2.05. The maximum absolute atomic E-state index is 12.3. The molecule has 1 aromatic carbocycles. The molecule has 0 bridgehead atoms. The summed E-state index contributed by atoms with van der Waals surface area (Å²) in [6, 6.07) is 3.89. The molecular formula is C14H10F3NO4. The summed E-state index contributed by atoms with van der Waals surface area (Å²) in [5.41, 5.74) is 1.46. The number of alkyl halides is 3. The van der Waals surface area contributed by atoms with Crippen molar-refractivity contribution in [3.05, 3.63) is 35.0 Å². The second-order valence-electron chi connectivity index (χ2n) is 4.86. The number of ether oxygens (including phenoxy) is 1. The van der Waals surface area contributed by atoms with E-state index in [0.717, 1.165) is 0 Å². The molecule has 3 rings (SSSR count). The molecule has 0 radical (unpaired) electrons. The van der Waals surface area contributed by atoms with Crippen LogP contribution in [0.4, 0.5) is 13.2 Å². The van der Waals surface area contributed by atoms with Gasteiger partial charge in [0.15, 0.2) is 11.5 Å². The third-order valence-electron chi connectivity index (χ3n) is 3.42. The second-order valence-corrected chi connectivity index (χ2v) is 4.86. The first-order chi connectivity index (χ1) is 10.3. The highest BCUT2D eigenvalue weighted by Crippen LogP contribution is 2.37. The first-order valence-electron chi connectivity index (χ1n) is 6.46. The summed E-state index contributed by atoms with van der Waals surface area (Å²) in [6.45, 7) is 0. The lowest BCUT2D eigenvalue weighted by atomic mass is 10.0. The molecule has 1 aliphatic carbocycles. The number of benzene rings is 1. The van der Waals surface area contributed by atoms with E-state index in [1.165, 1.54) is 18.2 Å². The average Bonchev–Trinajstić information content (AvgIpc) is 2.73. The summed E-state index contributed by atoms with van der Waals surface area (Å²) in [4.78, 5) is 11.1. The molecule has 1 N–H and O–H groups in total. The summed E-state index contributed by atoms with van der Waals surface area (Å²) in [5.74, 6) is -1.21. The van der Waals surface area contributed by atoms with Gasteiger partial charge in [0.05, 0.1) is 0 Å². The van der Waals surface area contributed by atoms with E-state index in [-0.39, 0.29) is 11.4 Å². The number of carboxylic acids is 1. The number of hydrogen-bond acceptors (Lipinski definition) is 4. The minimum Gasteiger partial charge on any atom is -0.476 e. The van der Waals surface area contributed by atoms with E-state index in [4.69, 9.17) is 9.63 Å².